The molecule has 0 aliphatic rings. The summed E-state index contributed by atoms with van der Waals surface area (Å²) in [6.45, 7) is 2.61. The Morgan fingerprint density at radius 3 is 2.74 bits per heavy atom. The number of carbonyl (C=O) groups is 2. The minimum atomic E-state index is -0.845. The Morgan fingerprint density at radius 1 is 1.37 bits per heavy atom. The molecule has 104 valence electrons. The minimum Gasteiger partial charge on any atom is -0.481 e. The fraction of sp³-hybridized carbons (Fsp3) is 0.462. The van der Waals surface area contributed by atoms with E-state index >= 15 is 0 Å². The second kappa shape index (κ2) is 8.07. The molecule has 1 aromatic rings. The minimum absolute atomic E-state index is 0.0434. The Bertz CT molecular complexity index is 409. The number of pyridine rings is 1. The van der Waals surface area contributed by atoms with Crippen molar-refractivity contribution >= 4 is 12.0 Å². The third kappa shape index (κ3) is 6.40. The molecule has 0 radical (unpaired) electrons. The van der Waals surface area contributed by atoms with E-state index in [9.17, 15) is 9.59 Å². The lowest BCUT2D eigenvalue weighted by Gasteiger charge is -2.13. The van der Waals surface area contributed by atoms with Crippen molar-refractivity contribution in [2.75, 3.05) is 6.54 Å². The van der Waals surface area contributed by atoms with Crippen molar-refractivity contribution in [1.82, 2.24) is 15.6 Å². The van der Waals surface area contributed by atoms with Gasteiger partial charge in [-0.05, 0) is 18.1 Å². The highest BCUT2D eigenvalue weighted by Gasteiger charge is 2.12. The van der Waals surface area contributed by atoms with Crippen LogP contribution in [-0.4, -0.2) is 28.6 Å². The SMILES string of the molecule is CCC(CNC(=O)NCc1ccccn1)CC(=O)O. The molecule has 0 saturated carbocycles. The Morgan fingerprint density at radius 2 is 2.16 bits per heavy atom. The second-order valence-electron chi connectivity index (χ2n) is 4.26. The largest absolute Gasteiger partial charge is 0.481 e. The summed E-state index contributed by atoms with van der Waals surface area (Å²) in [7, 11) is 0. The molecule has 19 heavy (non-hydrogen) atoms. The lowest BCUT2D eigenvalue weighted by molar-refractivity contribution is -0.138. The van der Waals surface area contributed by atoms with Crippen LogP contribution in [0.2, 0.25) is 0 Å². The van der Waals surface area contributed by atoms with Gasteiger partial charge in [-0.2, -0.15) is 0 Å². The van der Waals surface area contributed by atoms with E-state index in [1.165, 1.54) is 0 Å². The number of aliphatic carboxylic acids is 1. The molecule has 1 heterocycles. The van der Waals surface area contributed by atoms with Gasteiger partial charge >= 0.3 is 12.0 Å². The molecule has 0 fully saturated rings. The highest BCUT2D eigenvalue weighted by atomic mass is 16.4. The number of nitrogens with zero attached hydrogens (tertiary/aromatic N) is 1. The van der Waals surface area contributed by atoms with Gasteiger partial charge in [0.25, 0.3) is 0 Å². The lowest BCUT2D eigenvalue weighted by atomic mass is 10.0. The smallest absolute Gasteiger partial charge is 0.315 e. The number of hydrogen-bond acceptors (Lipinski definition) is 3. The number of carboxylic acids is 1. The van der Waals surface area contributed by atoms with Gasteiger partial charge in [-0.1, -0.05) is 19.4 Å². The first kappa shape index (κ1) is 14.9. The predicted octanol–water partition coefficient (Wildman–Crippen LogP) is 1.38. The average Bonchev–Trinajstić information content (AvgIpc) is 2.42. The lowest BCUT2D eigenvalue weighted by Crippen LogP contribution is -2.38. The highest BCUT2D eigenvalue weighted by molar-refractivity contribution is 5.74. The molecule has 0 aliphatic heterocycles. The Kier molecular flexibility index (Phi) is 6.35. The van der Waals surface area contributed by atoms with E-state index in [0.29, 0.717) is 19.5 Å². The quantitative estimate of drug-likeness (QED) is 0.694. The maximum Gasteiger partial charge on any atom is 0.315 e. The fourth-order valence-corrected chi connectivity index (χ4v) is 1.58. The Hall–Kier alpha value is -2.11. The van der Waals surface area contributed by atoms with Crippen LogP contribution in [0, 0.1) is 5.92 Å². The number of urea groups is 1. The number of carbonyl (C=O) groups excluding carboxylic acids is 1. The van der Waals surface area contributed by atoms with Gasteiger partial charge in [0.05, 0.1) is 12.2 Å². The molecule has 6 nitrogen and oxygen atoms in total. The van der Waals surface area contributed by atoms with E-state index in [1.807, 2.05) is 19.1 Å². The summed E-state index contributed by atoms with van der Waals surface area (Å²) in [5, 5.41) is 14.0. The zero-order valence-corrected chi connectivity index (χ0v) is 10.9. The Balaban J connectivity index is 2.25. The normalized spacial score (nSPS) is 11.6. The van der Waals surface area contributed by atoms with Gasteiger partial charge in [-0.25, -0.2) is 4.79 Å². The van der Waals surface area contributed by atoms with Crippen molar-refractivity contribution < 1.29 is 14.7 Å². The molecular weight excluding hydrogens is 246 g/mol. The van der Waals surface area contributed by atoms with E-state index in [4.69, 9.17) is 5.11 Å². The summed E-state index contributed by atoms with van der Waals surface area (Å²) in [4.78, 5) is 26.2. The zero-order valence-electron chi connectivity index (χ0n) is 10.9. The zero-order chi connectivity index (χ0) is 14.1. The van der Waals surface area contributed by atoms with Crippen LogP contribution >= 0.6 is 0 Å². The first-order valence-corrected chi connectivity index (χ1v) is 6.25. The van der Waals surface area contributed by atoms with Gasteiger partial charge < -0.3 is 15.7 Å². The number of hydrogen-bond donors (Lipinski definition) is 3. The van der Waals surface area contributed by atoms with Gasteiger partial charge in [0, 0.05) is 19.2 Å². The molecule has 0 spiro atoms. The summed E-state index contributed by atoms with van der Waals surface area (Å²) in [6, 6.07) is 5.16. The van der Waals surface area contributed by atoms with E-state index in [2.05, 4.69) is 15.6 Å². The number of amides is 2. The topological polar surface area (TPSA) is 91.3 Å². The molecule has 1 rings (SSSR count). The van der Waals surface area contributed by atoms with Crippen LogP contribution in [0.4, 0.5) is 4.79 Å². The summed E-state index contributed by atoms with van der Waals surface area (Å²) in [6.07, 6.45) is 2.44. The molecule has 0 aromatic carbocycles. The first-order valence-electron chi connectivity index (χ1n) is 6.25. The van der Waals surface area contributed by atoms with Crippen LogP contribution in [0.3, 0.4) is 0 Å². The molecule has 6 heteroatoms. The fourth-order valence-electron chi connectivity index (χ4n) is 1.58. The summed E-state index contributed by atoms with van der Waals surface area (Å²) >= 11 is 0. The van der Waals surface area contributed by atoms with Gasteiger partial charge in [-0.3, -0.25) is 9.78 Å². The average molecular weight is 265 g/mol. The van der Waals surface area contributed by atoms with Gasteiger partial charge in [0.1, 0.15) is 0 Å². The van der Waals surface area contributed by atoms with Crippen molar-refractivity contribution in [3.05, 3.63) is 30.1 Å². The van der Waals surface area contributed by atoms with Crippen LogP contribution in [0.5, 0.6) is 0 Å². The highest BCUT2D eigenvalue weighted by Crippen LogP contribution is 2.06. The molecule has 2 amide bonds. The number of aromatic nitrogens is 1. The molecule has 0 bridgehead atoms. The molecule has 1 atom stereocenters. The molecule has 1 unspecified atom stereocenters. The van der Waals surface area contributed by atoms with E-state index in [0.717, 1.165) is 5.69 Å². The van der Waals surface area contributed by atoms with Crippen molar-refractivity contribution in [2.24, 2.45) is 5.92 Å². The van der Waals surface area contributed by atoms with Crippen LogP contribution in [0.25, 0.3) is 0 Å². The maximum atomic E-state index is 11.5. The van der Waals surface area contributed by atoms with Crippen molar-refractivity contribution in [1.29, 1.82) is 0 Å². The molecule has 0 aliphatic carbocycles. The van der Waals surface area contributed by atoms with Crippen molar-refractivity contribution in [2.45, 2.75) is 26.3 Å². The predicted molar refractivity (Wildman–Crippen MR) is 70.5 cm³/mol. The summed E-state index contributed by atoms with van der Waals surface area (Å²) in [5.74, 6) is -0.888. The summed E-state index contributed by atoms with van der Waals surface area (Å²) < 4.78 is 0. The monoisotopic (exact) mass is 265 g/mol. The maximum absolute atomic E-state index is 11.5. The standard InChI is InChI=1S/C13H19N3O3/c1-2-10(7-12(17)18)8-15-13(19)16-9-11-5-3-4-6-14-11/h3-6,10H,2,7-9H2,1H3,(H,17,18)(H2,15,16,19). The third-order valence-electron chi connectivity index (χ3n) is 2.75. The van der Waals surface area contributed by atoms with Crippen LogP contribution in [0.15, 0.2) is 24.4 Å². The van der Waals surface area contributed by atoms with E-state index in [-0.39, 0.29) is 18.4 Å². The molecule has 3 N–H and O–H groups in total. The van der Waals surface area contributed by atoms with E-state index < -0.39 is 5.97 Å². The number of carboxylic acid groups (broad SMARTS) is 1. The molecular formula is C13H19N3O3. The third-order valence-corrected chi connectivity index (χ3v) is 2.75. The van der Waals surface area contributed by atoms with Gasteiger partial charge in [-0.15, -0.1) is 0 Å². The van der Waals surface area contributed by atoms with Crippen molar-refractivity contribution in [3.63, 3.8) is 0 Å². The molecule has 0 saturated heterocycles. The van der Waals surface area contributed by atoms with Crippen LogP contribution in [0.1, 0.15) is 25.5 Å². The van der Waals surface area contributed by atoms with Crippen LogP contribution in [-0.2, 0) is 11.3 Å². The van der Waals surface area contributed by atoms with E-state index in [1.54, 1.807) is 12.3 Å². The Labute approximate surface area is 112 Å². The second-order valence-corrected chi connectivity index (χ2v) is 4.26. The molecule has 1 aromatic heterocycles. The number of rotatable bonds is 7. The summed E-state index contributed by atoms with van der Waals surface area (Å²) in [5.41, 5.74) is 0.773. The number of nitrogens with one attached hydrogen (secondary N) is 2. The van der Waals surface area contributed by atoms with Gasteiger partial charge in [0.15, 0.2) is 0 Å². The van der Waals surface area contributed by atoms with Gasteiger partial charge in [0.2, 0.25) is 0 Å². The first-order chi connectivity index (χ1) is 9.11. The van der Waals surface area contributed by atoms with Crippen LogP contribution < -0.4 is 10.6 Å². The van der Waals surface area contributed by atoms with Crippen molar-refractivity contribution in [3.8, 4) is 0 Å².